The summed E-state index contributed by atoms with van der Waals surface area (Å²) < 4.78 is 48.1. The van der Waals surface area contributed by atoms with E-state index in [4.69, 9.17) is 4.74 Å². The molecule has 43 heavy (non-hydrogen) atoms. The quantitative estimate of drug-likeness (QED) is 0.234. The van der Waals surface area contributed by atoms with Crippen molar-refractivity contribution in [1.29, 1.82) is 0 Å². The van der Waals surface area contributed by atoms with E-state index in [9.17, 15) is 18.0 Å². The lowest BCUT2D eigenvalue weighted by Gasteiger charge is -2.34. The van der Waals surface area contributed by atoms with Crippen LogP contribution in [0.3, 0.4) is 0 Å². The number of pyridine rings is 1. The van der Waals surface area contributed by atoms with Crippen LogP contribution in [0.1, 0.15) is 34.0 Å². The minimum Gasteiger partial charge on any atom is -0.456 e. The molecule has 3 heterocycles. The van der Waals surface area contributed by atoms with Crippen molar-refractivity contribution in [2.24, 2.45) is 0 Å². The van der Waals surface area contributed by atoms with E-state index >= 15 is 0 Å². The van der Waals surface area contributed by atoms with E-state index in [2.05, 4.69) is 27.1 Å². The van der Waals surface area contributed by atoms with E-state index in [1.807, 2.05) is 17.9 Å². The van der Waals surface area contributed by atoms with Crippen LogP contribution in [0.25, 0.3) is 11.0 Å². The fourth-order valence-electron chi connectivity index (χ4n) is 4.76. The van der Waals surface area contributed by atoms with Gasteiger partial charge in [0.05, 0.1) is 10.9 Å². The zero-order valence-corrected chi connectivity index (χ0v) is 26.0. The van der Waals surface area contributed by atoms with Crippen LogP contribution >= 0.6 is 37.2 Å². The molecule has 1 saturated heterocycles. The lowest BCUT2D eigenvalue weighted by molar-refractivity contribution is -0.138. The van der Waals surface area contributed by atoms with Gasteiger partial charge in [-0.2, -0.15) is 13.2 Å². The Morgan fingerprint density at radius 3 is 2.35 bits per heavy atom. The lowest BCUT2D eigenvalue weighted by atomic mass is 10.0. The van der Waals surface area contributed by atoms with Crippen molar-refractivity contribution in [3.63, 3.8) is 0 Å². The number of likely N-dealkylation sites (N-methyl/N-ethyl adjacent to an activating group) is 1. The number of hydrogen-bond donors (Lipinski definition) is 2. The number of alkyl halides is 3. The summed E-state index contributed by atoms with van der Waals surface area (Å²) >= 11 is 0. The molecule has 2 aromatic heterocycles. The van der Waals surface area contributed by atoms with Crippen LogP contribution in [0.4, 0.5) is 18.9 Å². The highest BCUT2D eigenvalue weighted by Gasteiger charge is 2.34. The number of hydrogen-bond acceptors (Lipinski definition) is 5. The summed E-state index contributed by atoms with van der Waals surface area (Å²) in [7, 11) is 0. The van der Waals surface area contributed by atoms with Crippen molar-refractivity contribution in [1.82, 2.24) is 19.8 Å². The van der Waals surface area contributed by atoms with Gasteiger partial charge in [0.2, 0.25) is 0 Å². The van der Waals surface area contributed by atoms with Gasteiger partial charge in [0.25, 0.3) is 5.91 Å². The summed E-state index contributed by atoms with van der Waals surface area (Å²) in [5.74, 6) is 0.507. The second kappa shape index (κ2) is 16.1. The molecule has 0 atom stereocenters. The normalized spacial score (nSPS) is 13.6. The van der Waals surface area contributed by atoms with Crippen LogP contribution in [-0.2, 0) is 12.7 Å². The highest BCUT2D eigenvalue weighted by molar-refractivity contribution is 6.04. The average Bonchev–Trinajstić information content (AvgIpc) is 3.40. The number of anilines is 1. The third-order valence-corrected chi connectivity index (χ3v) is 7.07. The molecule has 0 radical (unpaired) electrons. The number of nitrogens with zero attached hydrogens (tertiary/aromatic N) is 3. The number of piperazine rings is 1. The SMILES string of the molecule is CCN1CCN(Cc2ccc(NC(=O)c3ccc(C)c(Oc4ccnc5[nH]ccc45)c3)cc2C(F)(F)F)CC1.Cl.Cl.Cl.O. The maximum atomic E-state index is 14.0. The van der Waals surface area contributed by atoms with Crippen molar-refractivity contribution in [3.8, 4) is 11.5 Å². The molecule has 2 aromatic carbocycles. The molecule has 0 spiro atoms. The molecule has 4 aromatic rings. The van der Waals surface area contributed by atoms with Gasteiger partial charge in [-0.15, -0.1) is 37.2 Å². The third-order valence-electron chi connectivity index (χ3n) is 7.07. The Morgan fingerprint density at radius 1 is 0.977 bits per heavy atom. The van der Waals surface area contributed by atoms with Gasteiger partial charge in [0.15, 0.2) is 0 Å². The Hall–Kier alpha value is -3.06. The summed E-state index contributed by atoms with van der Waals surface area (Å²) in [5.41, 5.74) is 1.28. The number of carbonyl (C=O) groups is 1. The van der Waals surface area contributed by atoms with Crippen molar-refractivity contribution in [2.75, 3.05) is 38.0 Å². The van der Waals surface area contributed by atoms with Crippen molar-refractivity contribution in [2.45, 2.75) is 26.6 Å². The minimum atomic E-state index is -4.54. The number of nitrogens with one attached hydrogen (secondary N) is 2. The molecule has 0 aliphatic carbocycles. The summed E-state index contributed by atoms with van der Waals surface area (Å²) in [6, 6.07) is 12.5. The van der Waals surface area contributed by atoms with Gasteiger partial charge >= 0.3 is 6.18 Å². The predicted molar refractivity (Wildman–Crippen MR) is 169 cm³/mol. The fraction of sp³-hybridized carbons (Fsp3) is 0.310. The number of amides is 1. The molecule has 0 bridgehead atoms. The summed E-state index contributed by atoms with van der Waals surface area (Å²) in [5, 5.41) is 3.41. The second-order valence-electron chi connectivity index (χ2n) is 9.67. The Bertz CT molecular complexity index is 1500. The molecule has 8 nitrogen and oxygen atoms in total. The summed E-state index contributed by atoms with van der Waals surface area (Å²) in [4.78, 5) is 24.6. The molecular formula is C29H35Cl3F3N5O3. The number of benzene rings is 2. The van der Waals surface area contributed by atoms with E-state index < -0.39 is 17.6 Å². The maximum Gasteiger partial charge on any atom is 0.416 e. The molecule has 1 amide bonds. The Labute approximate surface area is 266 Å². The van der Waals surface area contributed by atoms with Gasteiger partial charge in [0, 0.05) is 56.4 Å². The molecule has 0 unspecified atom stereocenters. The molecule has 4 N–H and O–H groups in total. The topological polar surface area (TPSA) is 105 Å². The summed E-state index contributed by atoms with van der Waals surface area (Å²) in [6.07, 6.45) is -1.17. The number of aryl methyl sites for hydroxylation is 1. The number of carbonyl (C=O) groups excluding carboxylic acids is 1. The first-order valence-electron chi connectivity index (χ1n) is 12.9. The molecular weight excluding hydrogens is 630 g/mol. The average molecular weight is 665 g/mol. The Kier molecular flexibility index (Phi) is 14.2. The number of rotatable bonds is 7. The van der Waals surface area contributed by atoms with E-state index in [1.165, 1.54) is 12.1 Å². The summed E-state index contributed by atoms with van der Waals surface area (Å²) in [6.45, 7) is 8.19. The maximum absolute atomic E-state index is 14.0. The minimum absolute atomic E-state index is 0. The van der Waals surface area contributed by atoms with E-state index in [0.717, 1.165) is 49.7 Å². The number of halogens is 6. The van der Waals surface area contributed by atoms with Crippen molar-refractivity contribution >= 4 is 59.8 Å². The predicted octanol–water partition coefficient (Wildman–Crippen LogP) is 6.51. The van der Waals surface area contributed by atoms with Gasteiger partial charge in [-0.05, 0) is 61.0 Å². The molecule has 5 rings (SSSR count). The first-order chi connectivity index (χ1) is 18.7. The van der Waals surface area contributed by atoms with Gasteiger partial charge in [0.1, 0.15) is 17.1 Å². The van der Waals surface area contributed by atoms with Crippen molar-refractivity contribution in [3.05, 3.63) is 83.2 Å². The first-order valence-corrected chi connectivity index (χ1v) is 12.9. The van der Waals surface area contributed by atoms with Crippen LogP contribution < -0.4 is 10.1 Å². The Morgan fingerprint density at radius 2 is 1.67 bits per heavy atom. The molecule has 1 aliphatic rings. The zero-order chi connectivity index (χ0) is 27.6. The highest BCUT2D eigenvalue weighted by Crippen LogP contribution is 2.35. The van der Waals surface area contributed by atoms with Crippen LogP contribution in [0, 0.1) is 6.92 Å². The largest absolute Gasteiger partial charge is 0.456 e. The lowest BCUT2D eigenvalue weighted by Crippen LogP contribution is -2.45. The van der Waals surface area contributed by atoms with E-state index in [0.29, 0.717) is 17.1 Å². The second-order valence-corrected chi connectivity index (χ2v) is 9.67. The molecule has 236 valence electrons. The number of aromatic nitrogens is 2. The van der Waals surface area contributed by atoms with Crippen LogP contribution in [0.15, 0.2) is 60.9 Å². The number of H-pyrrole nitrogens is 1. The van der Waals surface area contributed by atoms with Gasteiger partial charge < -0.3 is 25.4 Å². The molecule has 14 heteroatoms. The smallest absolute Gasteiger partial charge is 0.416 e. The standard InChI is InChI=1S/C29H30F3N5O2.3ClH.H2O/c1-3-36-12-14-37(15-13-36)18-21-6-7-22(17-24(21)29(30,31)32)35-28(38)20-5-4-19(2)26(16-20)39-25-9-11-34-27-23(25)8-10-33-27;;;;/h4-11,16-17H,3,12-15,18H2,1-2H3,(H,33,34)(H,35,38);3*1H;1H2. The number of fused-ring (bicyclic) bond motifs is 1. The van der Waals surface area contributed by atoms with Crippen LogP contribution in [0.2, 0.25) is 0 Å². The number of aromatic amines is 1. The van der Waals surface area contributed by atoms with E-state index in [1.54, 1.807) is 36.7 Å². The fourth-order valence-corrected chi connectivity index (χ4v) is 4.76. The van der Waals surface area contributed by atoms with Crippen molar-refractivity contribution < 1.29 is 28.2 Å². The highest BCUT2D eigenvalue weighted by atomic mass is 35.5. The van der Waals surface area contributed by atoms with Gasteiger partial charge in [-0.25, -0.2) is 4.98 Å². The van der Waals surface area contributed by atoms with Crippen LogP contribution in [0.5, 0.6) is 11.5 Å². The number of ether oxygens (including phenoxy) is 1. The van der Waals surface area contributed by atoms with Crippen LogP contribution in [-0.4, -0.2) is 63.9 Å². The third kappa shape index (κ3) is 8.98. The molecule has 1 aliphatic heterocycles. The monoisotopic (exact) mass is 663 g/mol. The molecule has 0 saturated carbocycles. The first kappa shape index (κ1) is 38.0. The zero-order valence-electron chi connectivity index (χ0n) is 23.5. The Balaban J connectivity index is 0.00000231. The van der Waals surface area contributed by atoms with Gasteiger partial charge in [-0.3, -0.25) is 9.69 Å². The molecule has 1 fully saturated rings. The van der Waals surface area contributed by atoms with Gasteiger partial charge in [-0.1, -0.05) is 19.1 Å². The van der Waals surface area contributed by atoms with E-state index in [-0.39, 0.29) is 66.1 Å².